The Kier molecular flexibility index (Phi) is 8.28. The Hall–Kier alpha value is -4.36. The normalized spacial score (nSPS) is 14.8. The van der Waals surface area contributed by atoms with Crippen molar-refractivity contribution in [1.29, 1.82) is 5.26 Å². The Morgan fingerprint density at radius 1 is 1.13 bits per heavy atom. The number of ether oxygens (including phenoxy) is 4. The number of aromatic nitrogens is 1. The average molecular weight is 534 g/mol. The number of carbonyl (C=O) groups is 1. The Morgan fingerprint density at radius 3 is 2.61 bits per heavy atom. The van der Waals surface area contributed by atoms with Crippen molar-refractivity contribution in [2.24, 2.45) is 4.99 Å². The van der Waals surface area contributed by atoms with Gasteiger partial charge in [-0.3, -0.25) is 9.36 Å². The third-order valence-electron chi connectivity index (χ3n) is 5.83. The molecular formula is C28H27N3O6S. The summed E-state index contributed by atoms with van der Waals surface area (Å²) in [5.41, 5.74) is 1.58. The molecule has 0 fully saturated rings. The van der Waals surface area contributed by atoms with Crippen LogP contribution in [0, 0.1) is 11.3 Å². The zero-order chi connectivity index (χ0) is 27.2. The quantitative estimate of drug-likeness (QED) is 0.389. The zero-order valence-corrected chi connectivity index (χ0v) is 22.3. The summed E-state index contributed by atoms with van der Waals surface area (Å²) < 4.78 is 24.3. The minimum atomic E-state index is -0.853. The standard InChI is InChI=1S/C28H27N3O6S/c1-5-35-25-19(11-9-13-21(25)34-4)24-23(27(33)36-6-2)17(3)30-28-31(24)26(32)22(38-28)16-18-10-7-8-12-20(18)37-15-14-29/h7-13,16,24H,5-6,15H2,1-4H3/b22-16-/t24-/m0/s1. The zero-order valence-electron chi connectivity index (χ0n) is 21.5. The van der Waals surface area contributed by atoms with Crippen molar-refractivity contribution in [3.8, 4) is 23.3 Å². The highest BCUT2D eigenvalue weighted by Crippen LogP contribution is 2.40. The first kappa shape index (κ1) is 26.7. The molecule has 3 aromatic rings. The molecule has 1 atom stereocenters. The maximum Gasteiger partial charge on any atom is 0.338 e. The van der Waals surface area contributed by atoms with Crippen molar-refractivity contribution in [3.05, 3.63) is 84.5 Å². The summed E-state index contributed by atoms with van der Waals surface area (Å²) in [4.78, 5) is 32.2. The molecule has 1 aliphatic heterocycles. The molecule has 0 bridgehead atoms. The molecule has 0 aliphatic carbocycles. The first-order valence-electron chi connectivity index (χ1n) is 12.0. The van der Waals surface area contributed by atoms with E-state index >= 15 is 0 Å². The highest BCUT2D eigenvalue weighted by atomic mass is 32.1. The van der Waals surface area contributed by atoms with Crippen molar-refractivity contribution >= 4 is 23.4 Å². The maximum atomic E-state index is 13.9. The largest absolute Gasteiger partial charge is 0.493 e. The molecule has 1 aliphatic rings. The molecule has 0 radical (unpaired) electrons. The molecule has 10 heteroatoms. The number of carbonyl (C=O) groups excluding carboxylic acids is 1. The van der Waals surface area contributed by atoms with Gasteiger partial charge in [0.15, 0.2) is 22.9 Å². The van der Waals surface area contributed by atoms with Gasteiger partial charge in [0.2, 0.25) is 0 Å². The van der Waals surface area contributed by atoms with Crippen LogP contribution in [0.1, 0.15) is 37.9 Å². The predicted molar refractivity (Wildman–Crippen MR) is 142 cm³/mol. The molecule has 2 aromatic carbocycles. The number of thiazole rings is 1. The molecule has 0 unspecified atom stereocenters. The van der Waals surface area contributed by atoms with Gasteiger partial charge in [-0.15, -0.1) is 0 Å². The summed E-state index contributed by atoms with van der Waals surface area (Å²) >= 11 is 1.20. The number of para-hydroxylation sites is 2. The van der Waals surface area contributed by atoms with Gasteiger partial charge >= 0.3 is 5.97 Å². The van der Waals surface area contributed by atoms with E-state index < -0.39 is 12.0 Å². The molecule has 0 N–H and O–H groups in total. The topological polar surface area (TPSA) is 112 Å². The van der Waals surface area contributed by atoms with Crippen molar-refractivity contribution in [3.63, 3.8) is 0 Å². The van der Waals surface area contributed by atoms with Gasteiger partial charge in [-0.2, -0.15) is 5.26 Å². The lowest BCUT2D eigenvalue weighted by Gasteiger charge is -2.26. The van der Waals surface area contributed by atoms with Crippen molar-refractivity contribution < 1.29 is 23.7 Å². The highest BCUT2D eigenvalue weighted by molar-refractivity contribution is 7.07. The van der Waals surface area contributed by atoms with Crippen molar-refractivity contribution in [2.75, 3.05) is 26.9 Å². The lowest BCUT2D eigenvalue weighted by atomic mass is 9.94. The minimum absolute atomic E-state index is 0.121. The first-order chi connectivity index (χ1) is 18.4. The van der Waals surface area contributed by atoms with Crippen LogP contribution in [-0.2, 0) is 9.53 Å². The average Bonchev–Trinajstić information content (AvgIpc) is 3.22. The number of hydrogen-bond acceptors (Lipinski definition) is 9. The molecule has 196 valence electrons. The van der Waals surface area contributed by atoms with Crippen LogP contribution in [-0.4, -0.2) is 37.5 Å². The summed E-state index contributed by atoms with van der Waals surface area (Å²) in [6, 6.07) is 13.6. The molecule has 0 saturated heterocycles. The molecule has 9 nitrogen and oxygen atoms in total. The second-order valence-corrected chi connectivity index (χ2v) is 9.11. The highest BCUT2D eigenvalue weighted by Gasteiger charge is 2.36. The molecular weight excluding hydrogens is 506 g/mol. The Morgan fingerprint density at radius 2 is 1.89 bits per heavy atom. The van der Waals surface area contributed by atoms with Gasteiger partial charge in [0.25, 0.3) is 5.56 Å². The summed E-state index contributed by atoms with van der Waals surface area (Å²) in [6.45, 7) is 5.70. The van der Waals surface area contributed by atoms with Gasteiger partial charge < -0.3 is 18.9 Å². The van der Waals surface area contributed by atoms with Gasteiger partial charge in [0, 0.05) is 11.1 Å². The number of esters is 1. The van der Waals surface area contributed by atoms with E-state index in [1.54, 1.807) is 56.3 Å². The summed E-state index contributed by atoms with van der Waals surface area (Å²) in [5.74, 6) is 0.830. The van der Waals surface area contributed by atoms with Crippen LogP contribution in [0.2, 0.25) is 0 Å². The molecule has 38 heavy (non-hydrogen) atoms. The molecule has 0 amide bonds. The number of nitrogens with zero attached hydrogens (tertiary/aromatic N) is 3. The van der Waals surface area contributed by atoms with Crippen molar-refractivity contribution in [1.82, 2.24) is 4.57 Å². The maximum absolute atomic E-state index is 13.9. The van der Waals surface area contributed by atoms with Gasteiger partial charge in [-0.25, -0.2) is 9.79 Å². The molecule has 2 heterocycles. The molecule has 0 saturated carbocycles. The minimum Gasteiger partial charge on any atom is -0.493 e. The predicted octanol–water partition coefficient (Wildman–Crippen LogP) is 3.11. The number of rotatable bonds is 9. The number of hydrogen-bond donors (Lipinski definition) is 0. The van der Waals surface area contributed by atoms with Crippen LogP contribution in [0.4, 0.5) is 0 Å². The Labute approximate surface area is 223 Å². The molecule has 0 spiro atoms. The monoisotopic (exact) mass is 533 g/mol. The first-order valence-corrected chi connectivity index (χ1v) is 12.8. The van der Waals surface area contributed by atoms with E-state index in [0.717, 1.165) is 0 Å². The summed E-state index contributed by atoms with van der Waals surface area (Å²) in [6.07, 6.45) is 1.70. The van der Waals surface area contributed by atoms with E-state index in [1.807, 2.05) is 19.1 Å². The van der Waals surface area contributed by atoms with E-state index in [2.05, 4.69) is 4.99 Å². The third-order valence-corrected chi connectivity index (χ3v) is 6.81. The van der Waals surface area contributed by atoms with Gasteiger partial charge in [0.05, 0.1) is 36.1 Å². The van der Waals surface area contributed by atoms with Crippen LogP contribution < -0.4 is 29.1 Å². The number of fused-ring (bicyclic) bond motifs is 1. The lowest BCUT2D eigenvalue weighted by molar-refractivity contribution is -0.139. The fraction of sp³-hybridized carbons (Fsp3) is 0.286. The Bertz CT molecular complexity index is 1610. The number of methoxy groups -OCH3 is 1. The fourth-order valence-electron chi connectivity index (χ4n) is 4.28. The van der Waals surface area contributed by atoms with Gasteiger partial charge in [-0.05, 0) is 39.0 Å². The van der Waals surface area contributed by atoms with Gasteiger partial charge in [-0.1, -0.05) is 41.7 Å². The second-order valence-electron chi connectivity index (χ2n) is 8.10. The SMILES string of the molecule is CCOC(=O)C1=C(C)N=c2s/c(=C\c3ccccc3OCC#N)c(=O)n2[C@H]1c1cccc(OC)c1OCC. The van der Waals surface area contributed by atoms with E-state index in [4.69, 9.17) is 24.2 Å². The fourth-order valence-corrected chi connectivity index (χ4v) is 5.31. The summed E-state index contributed by atoms with van der Waals surface area (Å²) in [5, 5.41) is 8.92. The van der Waals surface area contributed by atoms with E-state index in [1.165, 1.54) is 23.0 Å². The van der Waals surface area contributed by atoms with Crippen LogP contribution in [0.15, 0.2) is 63.5 Å². The second kappa shape index (κ2) is 11.8. The lowest BCUT2D eigenvalue weighted by Crippen LogP contribution is -2.40. The summed E-state index contributed by atoms with van der Waals surface area (Å²) in [7, 11) is 1.53. The van der Waals surface area contributed by atoms with Crippen LogP contribution >= 0.6 is 11.3 Å². The Balaban J connectivity index is 2.00. The van der Waals surface area contributed by atoms with Crippen LogP contribution in [0.25, 0.3) is 6.08 Å². The van der Waals surface area contributed by atoms with E-state index in [0.29, 0.717) is 50.0 Å². The van der Waals surface area contributed by atoms with Gasteiger partial charge in [0.1, 0.15) is 17.9 Å². The van der Waals surface area contributed by atoms with Crippen LogP contribution in [0.5, 0.6) is 17.2 Å². The van der Waals surface area contributed by atoms with E-state index in [9.17, 15) is 9.59 Å². The van der Waals surface area contributed by atoms with Crippen molar-refractivity contribution in [2.45, 2.75) is 26.8 Å². The number of allylic oxidation sites excluding steroid dienone is 1. The number of benzene rings is 2. The molecule has 1 aromatic heterocycles. The van der Waals surface area contributed by atoms with Crippen LogP contribution in [0.3, 0.4) is 0 Å². The number of nitriles is 1. The smallest absolute Gasteiger partial charge is 0.338 e. The third kappa shape index (κ3) is 5.06. The molecule has 4 rings (SSSR count). The van der Waals surface area contributed by atoms with E-state index in [-0.39, 0.29) is 24.3 Å².